The van der Waals surface area contributed by atoms with Gasteiger partial charge in [0.15, 0.2) is 0 Å². The molecular formula is C21H26N2O2. The summed E-state index contributed by atoms with van der Waals surface area (Å²) in [5.74, 6) is 1.16. The first-order valence-electron chi connectivity index (χ1n) is 9.24. The van der Waals surface area contributed by atoms with Crippen LogP contribution in [0, 0.1) is 11.8 Å². The van der Waals surface area contributed by atoms with E-state index < -0.39 is 6.10 Å². The Morgan fingerprint density at radius 3 is 3.04 bits per heavy atom. The zero-order valence-corrected chi connectivity index (χ0v) is 14.5. The molecule has 0 radical (unpaired) electrons. The van der Waals surface area contributed by atoms with Crippen molar-refractivity contribution >= 4 is 10.9 Å². The number of hydrogen-bond donors (Lipinski definition) is 2. The molecule has 0 spiro atoms. The Labute approximate surface area is 148 Å². The number of fused-ring (bicyclic) bond motifs is 5. The molecule has 4 heterocycles. The summed E-state index contributed by atoms with van der Waals surface area (Å²) >= 11 is 0. The second-order valence-corrected chi connectivity index (χ2v) is 7.45. The standard InChI is InChI=1S/C21H26N2O2/c1-2-15-12-23-9-3-4-16(15)11-20(23)21(25)17-7-8-22-19-6-5-14(13-24)10-18(17)19/h2,5-8,10,15-16,20-21,24-25H,1,3-4,9,11-13H2/t15-,16+,20+,21-/m0/s1. The highest BCUT2D eigenvalue weighted by atomic mass is 16.3. The molecule has 2 aromatic rings. The fraction of sp³-hybridized carbons (Fsp3) is 0.476. The lowest BCUT2D eigenvalue weighted by Crippen LogP contribution is -2.47. The van der Waals surface area contributed by atoms with Crippen LogP contribution < -0.4 is 0 Å². The van der Waals surface area contributed by atoms with Crippen LogP contribution in [0.5, 0.6) is 0 Å². The van der Waals surface area contributed by atoms with Crippen molar-refractivity contribution in [2.75, 3.05) is 13.1 Å². The van der Waals surface area contributed by atoms with Crippen LogP contribution in [0.4, 0.5) is 0 Å². The lowest BCUT2D eigenvalue weighted by Gasteiger charge is -2.42. The predicted octanol–water partition coefficient (Wildman–Crippen LogP) is 3.05. The van der Waals surface area contributed by atoms with Crippen molar-refractivity contribution in [1.29, 1.82) is 0 Å². The summed E-state index contributed by atoms with van der Waals surface area (Å²) in [6, 6.07) is 7.84. The molecule has 5 rings (SSSR count). The summed E-state index contributed by atoms with van der Waals surface area (Å²) in [7, 11) is 0. The molecule has 2 bridgehead atoms. The zero-order chi connectivity index (χ0) is 17.4. The Hall–Kier alpha value is -1.75. The minimum Gasteiger partial charge on any atom is -0.392 e. The van der Waals surface area contributed by atoms with Crippen molar-refractivity contribution < 1.29 is 10.2 Å². The van der Waals surface area contributed by atoms with Crippen LogP contribution in [-0.2, 0) is 6.61 Å². The third-order valence-electron chi connectivity index (χ3n) is 6.09. The average Bonchev–Trinajstić information content (AvgIpc) is 2.99. The first kappa shape index (κ1) is 16.7. The summed E-state index contributed by atoms with van der Waals surface area (Å²) in [5.41, 5.74) is 2.64. The molecule has 3 aliphatic rings. The van der Waals surface area contributed by atoms with E-state index in [9.17, 15) is 10.2 Å². The lowest BCUT2D eigenvalue weighted by atomic mass is 9.79. The van der Waals surface area contributed by atoms with Gasteiger partial charge in [-0.25, -0.2) is 0 Å². The summed E-state index contributed by atoms with van der Waals surface area (Å²) in [6.07, 6.45) is 6.77. The normalized spacial score (nSPS) is 30.2. The van der Waals surface area contributed by atoms with Gasteiger partial charge >= 0.3 is 0 Å². The van der Waals surface area contributed by atoms with Crippen molar-refractivity contribution in [3.63, 3.8) is 0 Å². The number of aliphatic hydroxyl groups is 2. The van der Waals surface area contributed by atoms with E-state index in [4.69, 9.17) is 0 Å². The fourth-order valence-corrected chi connectivity index (χ4v) is 4.71. The van der Waals surface area contributed by atoms with Crippen LogP contribution in [-0.4, -0.2) is 39.2 Å². The van der Waals surface area contributed by atoms with Crippen molar-refractivity contribution in [2.45, 2.75) is 38.0 Å². The van der Waals surface area contributed by atoms with E-state index >= 15 is 0 Å². The Kier molecular flexibility index (Phi) is 4.59. The van der Waals surface area contributed by atoms with E-state index in [1.54, 1.807) is 6.20 Å². The van der Waals surface area contributed by atoms with Crippen LogP contribution in [0.15, 0.2) is 43.1 Å². The lowest BCUT2D eigenvalue weighted by molar-refractivity contribution is 0.00928. The van der Waals surface area contributed by atoms with Crippen LogP contribution >= 0.6 is 0 Å². The molecule has 132 valence electrons. The predicted molar refractivity (Wildman–Crippen MR) is 99.0 cm³/mol. The summed E-state index contributed by atoms with van der Waals surface area (Å²) in [5, 5.41) is 21.7. The Morgan fingerprint density at radius 2 is 2.24 bits per heavy atom. The summed E-state index contributed by atoms with van der Waals surface area (Å²) < 4.78 is 0. The van der Waals surface area contributed by atoms with Crippen molar-refractivity contribution in [3.8, 4) is 0 Å². The largest absolute Gasteiger partial charge is 0.392 e. The maximum Gasteiger partial charge on any atom is 0.0952 e. The zero-order valence-electron chi connectivity index (χ0n) is 14.5. The minimum atomic E-state index is -0.536. The molecule has 3 fully saturated rings. The maximum atomic E-state index is 11.3. The van der Waals surface area contributed by atoms with Gasteiger partial charge in [0, 0.05) is 24.2 Å². The van der Waals surface area contributed by atoms with E-state index in [-0.39, 0.29) is 12.6 Å². The number of piperidine rings is 1. The fourth-order valence-electron chi connectivity index (χ4n) is 4.71. The number of benzene rings is 1. The highest BCUT2D eigenvalue weighted by molar-refractivity contribution is 5.83. The monoisotopic (exact) mass is 338 g/mol. The van der Waals surface area contributed by atoms with Crippen molar-refractivity contribution in [1.82, 2.24) is 9.88 Å². The highest BCUT2D eigenvalue weighted by Crippen LogP contribution is 2.41. The second kappa shape index (κ2) is 6.87. The SMILES string of the molecule is C=C[C@H]1CN2CCC[C@@H]1C[C@@H]2[C@@H](O)c1ccnc2ccc(CO)cc12. The van der Waals surface area contributed by atoms with Gasteiger partial charge in [-0.1, -0.05) is 12.1 Å². The van der Waals surface area contributed by atoms with Gasteiger partial charge in [0.1, 0.15) is 0 Å². The number of pyridine rings is 1. The molecule has 5 atom stereocenters. The number of nitrogens with zero attached hydrogens (tertiary/aromatic N) is 2. The van der Waals surface area contributed by atoms with Crippen LogP contribution in [0.3, 0.4) is 0 Å². The number of rotatable bonds is 4. The van der Waals surface area contributed by atoms with Gasteiger partial charge < -0.3 is 10.2 Å². The van der Waals surface area contributed by atoms with Gasteiger partial charge in [-0.2, -0.15) is 0 Å². The van der Waals surface area contributed by atoms with Gasteiger partial charge in [-0.05, 0) is 67.0 Å². The van der Waals surface area contributed by atoms with E-state index in [1.165, 1.54) is 12.8 Å². The van der Waals surface area contributed by atoms with E-state index in [0.717, 1.165) is 41.5 Å². The maximum absolute atomic E-state index is 11.3. The topological polar surface area (TPSA) is 56.6 Å². The number of hydrogen-bond acceptors (Lipinski definition) is 4. The first-order valence-corrected chi connectivity index (χ1v) is 9.24. The quantitative estimate of drug-likeness (QED) is 0.842. The Morgan fingerprint density at radius 1 is 1.36 bits per heavy atom. The number of aromatic nitrogens is 1. The molecule has 0 amide bonds. The third kappa shape index (κ3) is 2.99. The third-order valence-corrected chi connectivity index (χ3v) is 6.09. The molecule has 4 heteroatoms. The number of aliphatic hydroxyl groups excluding tert-OH is 2. The van der Waals surface area contributed by atoms with Gasteiger partial charge in [0.25, 0.3) is 0 Å². The Bertz CT molecular complexity index is 776. The molecule has 1 aromatic heterocycles. The minimum absolute atomic E-state index is 0.000980. The van der Waals surface area contributed by atoms with Gasteiger partial charge in [0.05, 0.1) is 18.2 Å². The highest BCUT2D eigenvalue weighted by Gasteiger charge is 2.40. The molecule has 4 nitrogen and oxygen atoms in total. The molecule has 0 saturated carbocycles. The van der Waals surface area contributed by atoms with Gasteiger partial charge in [0.2, 0.25) is 0 Å². The van der Waals surface area contributed by atoms with Gasteiger partial charge in [-0.3, -0.25) is 9.88 Å². The molecule has 3 aliphatic heterocycles. The summed E-state index contributed by atoms with van der Waals surface area (Å²) in [6.45, 7) is 6.06. The molecule has 1 aromatic carbocycles. The van der Waals surface area contributed by atoms with E-state index in [0.29, 0.717) is 11.8 Å². The van der Waals surface area contributed by atoms with Crippen molar-refractivity contribution in [2.24, 2.45) is 11.8 Å². The van der Waals surface area contributed by atoms with E-state index in [1.807, 2.05) is 24.3 Å². The molecule has 25 heavy (non-hydrogen) atoms. The van der Waals surface area contributed by atoms with Crippen LogP contribution in [0.25, 0.3) is 10.9 Å². The van der Waals surface area contributed by atoms with Crippen molar-refractivity contribution in [3.05, 3.63) is 54.2 Å². The molecule has 0 aliphatic carbocycles. The summed E-state index contributed by atoms with van der Waals surface area (Å²) in [4.78, 5) is 6.86. The van der Waals surface area contributed by atoms with Crippen LogP contribution in [0.1, 0.15) is 36.5 Å². The molecule has 2 N–H and O–H groups in total. The van der Waals surface area contributed by atoms with Gasteiger partial charge in [-0.15, -0.1) is 6.58 Å². The first-order chi connectivity index (χ1) is 12.2. The molecular weight excluding hydrogens is 312 g/mol. The second-order valence-electron chi connectivity index (χ2n) is 7.45. The van der Waals surface area contributed by atoms with E-state index in [2.05, 4.69) is 22.5 Å². The smallest absolute Gasteiger partial charge is 0.0952 e. The molecule has 1 unspecified atom stereocenters. The van der Waals surface area contributed by atoms with Crippen LogP contribution in [0.2, 0.25) is 0 Å². The average molecular weight is 338 g/mol. The molecule has 3 saturated heterocycles. The Balaban J connectivity index is 1.70.